The minimum absolute atomic E-state index is 0.395. The monoisotopic (exact) mass is 294 g/mol. The van der Waals surface area contributed by atoms with Crippen molar-refractivity contribution < 1.29 is 14.6 Å². The molecule has 1 rings (SSSR count). The average Bonchev–Trinajstić information content (AvgIpc) is 2.51. The van der Waals surface area contributed by atoms with E-state index in [-0.39, 0.29) is 0 Å². The van der Waals surface area contributed by atoms with Crippen LogP contribution in [0.3, 0.4) is 0 Å². The molecule has 5 heteroatoms. The van der Waals surface area contributed by atoms with Gasteiger partial charge in [0.15, 0.2) is 5.54 Å². The highest BCUT2D eigenvalue weighted by molar-refractivity contribution is 5.81. The minimum Gasteiger partial charge on any atom is -0.480 e. The first-order valence-corrected chi connectivity index (χ1v) is 7.38. The van der Waals surface area contributed by atoms with Gasteiger partial charge in [0.1, 0.15) is 0 Å². The summed E-state index contributed by atoms with van der Waals surface area (Å²) in [6.07, 6.45) is 0. The summed E-state index contributed by atoms with van der Waals surface area (Å²) in [6.45, 7) is 7.15. The first-order valence-electron chi connectivity index (χ1n) is 7.38. The number of aliphatic carboxylic acids is 1. The van der Waals surface area contributed by atoms with Gasteiger partial charge in [-0.3, -0.25) is 4.90 Å². The van der Waals surface area contributed by atoms with Crippen molar-refractivity contribution in [3.05, 3.63) is 35.9 Å². The van der Waals surface area contributed by atoms with Crippen molar-refractivity contribution in [1.29, 1.82) is 0 Å². The topological polar surface area (TPSA) is 61.8 Å². The molecule has 0 saturated carbocycles. The fourth-order valence-electron chi connectivity index (χ4n) is 2.36. The Morgan fingerprint density at radius 2 is 2.00 bits per heavy atom. The zero-order valence-electron chi connectivity index (χ0n) is 13.1. The lowest BCUT2D eigenvalue weighted by Gasteiger charge is -2.35. The largest absolute Gasteiger partial charge is 0.480 e. The van der Waals surface area contributed by atoms with Crippen LogP contribution in [0.5, 0.6) is 0 Å². The van der Waals surface area contributed by atoms with E-state index in [0.717, 1.165) is 12.1 Å². The second-order valence-corrected chi connectivity index (χ2v) is 4.89. The van der Waals surface area contributed by atoms with Crippen LogP contribution in [-0.4, -0.2) is 55.9 Å². The number of hydrogen-bond acceptors (Lipinski definition) is 4. The molecule has 0 radical (unpaired) electrons. The number of carbonyl (C=O) groups is 1. The van der Waals surface area contributed by atoms with Gasteiger partial charge in [-0.2, -0.15) is 0 Å². The van der Waals surface area contributed by atoms with E-state index in [2.05, 4.69) is 10.2 Å². The number of rotatable bonds is 10. The van der Waals surface area contributed by atoms with Crippen LogP contribution in [0.25, 0.3) is 0 Å². The van der Waals surface area contributed by atoms with Crippen LogP contribution in [0, 0.1) is 0 Å². The van der Waals surface area contributed by atoms with E-state index in [0.29, 0.717) is 26.3 Å². The Balaban J connectivity index is 2.94. The quantitative estimate of drug-likeness (QED) is 0.641. The lowest BCUT2D eigenvalue weighted by Crippen LogP contribution is -2.55. The lowest BCUT2D eigenvalue weighted by atomic mass is 9.89. The zero-order chi connectivity index (χ0) is 15.7. The summed E-state index contributed by atoms with van der Waals surface area (Å²) in [5, 5.41) is 12.8. The Hall–Kier alpha value is -1.43. The summed E-state index contributed by atoms with van der Waals surface area (Å²) < 4.78 is 5.37. The number of likely N-dealkylation sites (N-methyl/N-ethyl adjacent to an activating group) is 2. The summed E-state index contributed by atoms with van der Waals surface area (Å²) >= 11 is 0. The SMILES string of the molecule is CCOCCN(CC)CC(NC)(C(=O)O)c1ccccc1. The molecule has 0 saturated heterocycles. The van der Waals surface area contributed by atoms with Crippen LogP contribution in [-0.2, 0) is 15.1 Å². The standard InChI is InChI=1S/C16H26N2O3/c1-4-18(11-12-21-5-2)13-16(17-3,15(19)20)14-9-7-6-8-10-14/h6-10,17H,4-5,11-13H2,1-3H3,(H,19,20). The van der Waals surface area contributed by atoms with Crippen LogP contribution >= 0.6 is 0 Å². The van der Waals surface area contributed by atoms with Crippen LogP contribution in [0.15, 0.2) is 30.3 Å². The summed E-state index contributed by atoms with van der Waals surface area (Å²) in [7, 11) is 1.69. The third-order valence-electron chi connectivity index (χ3n) is 3.72. The van der Waals surface area contributed by atoms with Gasteiger partial charge in [-0.15, -0.1) is 0 Å². The van der Waals surface area contributed by atoms with Crippen molar-refractivity contribution >= 4 is 5.97 Å². The third kappa shape index (κ3) is 4.52. The summed E-state index contributed by atoms with van der Waals surface area (Å²) in [4.78, 5) is 14.0. The second-order valence-electron chi connectivity index (χ2n) is 4.89. The van der Waals surface area contributed by atoms with Crippen molar-refractivity contribution in [2.24, 2.45) is 0 Å². The number of carboxylic acid groups (broad SMARTS) is 1. The third-order valence-corrected chi connectivity index (χ3v) is 3.72. The van der Waals surface area contributed by atoms with Gasteiger partial charge in [0.2, 0.25) is 0 Å². The molecule has 1 aromatic carbocycles. The van der Waals surface area contributed by atoms with Gasteiger partial charge < -0.3 is 15.2 Å². The molecule has 0 bridgehead atoms. The average molecular weight is 294 g/mol. The molecule has 0 aromatic heterocycles. The first kappa shape index (κ1) is 17.6. The second kappa shape index (κ2) is 8.77. The Labute approximate surface area is 126 Å². The van der Waals surface area contributed by atoms with Crippen LogP contribution in [0.4, 0.5) is 0 Å². The van der Waals surface area contributed by atoms with Crippen LogP contribution < -0.4 is 5.32 Å². The smallest absolute Gasteiger partial charge is 0.329 e. The van der Waals surface area contributed by atoms with Crippen molar-refractivity contribution in [3.8, 4) is 0 Å². The number of benzene rings is 1. The molecule has 0 aliphatic carbocycles. The van der Waals surface area contributed by atoms with Gasteiger partial charge in [-0.25, -0.2) is 4.79 Å². The maximum Gasteiger partial charge on any atom is 0.329 e. The van der Waals surface area contributed by atoms with Gasteiger partial charge in [0.25, 0.3) is 0 Å². The van der Waals surface area contributed by atoms with E-state index in [1.165, 1.54) is 0 Å². The van der Waals surface area contributed by atoms with E-state index in [1.807, 2.05) is 44.2 Å². The molecule has 1 atom stereocenters. The summed E-state index contributed by atoms with van der Waals surface area (Å²) in [5.74, 6) is -0.869. The van der Waals surface area contributed by atoms with E-state index in [9.17, 15) is 9.90 Å². The number of nitrogens with zero attached hydrogens (tertiary/aromatic N) is 1. The molecular weight excluding hydrogens is 268 g/mol. The van der Waals surface area contributed by atoms with Gasteiger partial charge in [-0.1, -0.05) is 37.3 Å². The fraction of sp³-hybridized carbons (Fsp3) is 0.562. The molecule has 0 fully saturated rings. The van der Waals surface area contributed by atoms with Gasteiger partial charge in [-0.05, 0) is 26.1 Å². The highest BCUT2D eigenvalue weighted by Gasteiger charge is 2.40. The summed E-state index contributed by atoms with van der Waals surface area (Å²) in [6, 6.07) is 9.31. The van der Waals surface area contributed by atoms with Crippen LogP contribution in [0.1, 0.15) is 19.4 Å². The van der Waals surface area contributed by atoms with E-state index in [4.69, 9.17) is 4.74 Å². The van der Waals surface area contributed by atoms with Crippen molar-refractivity contribution in [3.63, 3.8) is 0 Å². The van der Waals surface area contributed by atoms with Crippen molar-refractivity contribution in [2.75, 3.05) is 39.9 Å². The Morgan fingerprint density at radius 1 is 1.33 bits per heavy atom. The van der Waals surface area contributed by atoms with Gasteiger partial charge in [0, 0.05) is 19.7 Å². The molecule has 5 nitrogen and oxygen atoms in total. The van der Waals surface area contributed by atoms with Gasteiger partial charge >= 0.3 is 5.97 Å². The number of hydrogen-bond donors (Lipinski definition) is 2. The van der Waals surface area contributed by atoms with Crippen molar-refractivity contribution in [1.82, 2.24) is 10.2 Å². The molecular formula is C16H26N2O3. The Bertz CT molecular complexity index is 425. The highest BCUT2D eigenvalue weighted by Crippen LogP contribution is 2.22. The molecule has 0 aliphatic heterocycles. The molecule has 0 heterocycles. The highest BCUT2D eigenvalue weighted by atomic mass is 16.5. The van der Waals surface area contributed by atoms with Crippen molar-refractivity contribution in [2.45, 2.75) is 19.4 Å². The first-order chi connectivity index (χ1) is 10.1. The number of ether oxygens (including phenoxy) is 1. The molecule has 0 amide bonds. The molecule has 1 unspecified atom stereocenters. The van der Waals surface area contributed by atoms with E-state index in [1.54, 1.807) is 7.05 Å². The maximum atomic E-state index is 11.9. The molecule has 118 valence electrons. The molecule has 1 aromatic rings. The molecule has 21 heavy (non-hydrogen) atoms. The maximum absolute atomic E-state index is 11.9. The molecule has 0 aliphatic rings. The lowest BCUT2D eigenvalue weighted by molar-refractivity contribution is -0.146. The molecule has 2 N–H and O–H groups in total. The predicted octanol–water partition coefficient (Wildman–Crippen LogP) is 1.54. The minimum atomic E-state index is -1.11. The zero-order valence-corrected chi connectivity index (χ0v) is 13.1. The Kier molecular flexibility index (Phi) is 7.36. The predicted molar refractivity (Wildman–Crippen MR) is 83.4 cm³/mol. The van der Waals surface area contributed by atoms with E-state index < -0.39 is 11.5 Å². The fourth-order valence-corrected chi connectivity index (χ4v) is 2.36. The van der Waals surface area contributed by atoms with Gasteiger partial charge in [0.05, 0.1) is 6.61 Å². The van der Waals surface area contributed by atoms with E-state index >= 15 is 0 Å². The van der Waals surface area contributed by atoms with Crippen LogP contribution in [0.2, 0.25) is 0 Å². The Morgan fingerprint density at radius 3 is 2.48 bits per heavy atom. The normalized spacial score (nSPS) is 14.1. The summed E-state index contributed by atoms with van der Waals surface area (Å²) in [5.41, 5.74) is -0.349. The molecule has 0 spiro atoms. The number of carboxylic acids is 1. The number of nitrogens with one attached hydrogen (secondary N) is 1.